The fourth-order valence-corrected chi connectivity index (χ4v) is 2.12. The molecule has 1 aromatic carbocycles. The van der Waals surface area contributed by atoms with Crippen molar-refractivity contribution in [2.75, 3.05) is 0 Å². The Kier molecular flexibility index (Phi) is 2.81. The van der Waals surface area contributed by atoms with E-state index in [1.54, 1.807) is 0 Å². The third kappa shape index (κ3) is 1.51. The second-order valence-corrected chi connectivity index (χ2v) is 4.44. The molecule has 0 saturated heterocycles. The first-order chi connectivity index (χ1) is 8.27. The molecule has 0 bridgehead atoms. The van der Waals surface area contributed by atoms with Gasteiger partial charge in [0.2, 0.25) is 5.60 Å². The van der Waals surface area contributed by atoms with Crippen molar-refractivity contribution in [3.8, 4) is 0 Å². The molecule has 0 heterocycles. The molecule has 0 aromatic heterocycles. The van der Waals surface area contributed by atoms with Crippen LogP contribution in [0, 0.1) is 0 Å². The highest BCUT2D eigenvalue weighted by Crippen LogP contribution is 2.64. The topological polar surface area (TPSA) is 26.3 Å². The van der Waals surface area contributed by atoms with E-state index in [-0.39, 0.29) is 17.1 Å². The number of carbonyl (C=O) groups is 1. The van der Waals surface area contributed by atoms with E-state index < -0.39 is 23.9 Å². The molecule has 7 heteroatoms. The second kappa shape index (κ2) is 3.85. The van der Waals surface area contributed by atoms with E-state index in [9.17, 15) is 22.4 Å². The summed E-state index contributed by atoms with van der Waals surface area (Å²) < 4.78 is 57.2. The summed E-state index contributed by atoms with van der Waals surface area (Å²) in [6.45, 7) is -0.252. The highest BCUT2D eigenvalue weighted by molar-refractivity contribution is 6.30. The summed E-state index contributed by atoms with van der Waals surface area (Å²) >= 11 is 5.58. The van der Waals surface area contributed by atoms with Crippen LogP contribution < -0.4 is 0 Å². The molecular formula is C11H7ClF4O2. The van der Waals surface area contributed by atoms with Gasteiger partial charge in [-0.15, -0.1) is 0 Å². The molecule has 1 fully saturated rings. The van der Waals surface area contributed by atoms with Gasteiger partial charge in [-0.1, -0.05) is 23.7 Å². The Labute approximate surface area is 104 Å². The van der Waals surface area contributed by atoms with E-state index in [0.29, 0.717) is 0 Å². The van der Waals surface area contributed by atoms with E-state index in [0.717, 1.165) is 12.1 Å². The van der Waals surface area contributed by atoms with Crippen molar-refractivity contribution in [2.24, 2.45) is 0 Å². The number of hydrogen-bond donors (Lipinski definition) is 0. The largest absolute Gasteiger partial charge is 0.449 e. The molecule has 0 amide bonds. The molecule has 2 rings (SSSR count). The Morgan fingerprint density at radius 2 is 1.72 bits per heavy atom. The molecule has 98 valence electrons. The van der Waals surface area contributed by atoms with Gasteiger partial charge in [-0.25, -0.2) is 0 Å². The average Bonchev–Trinajstić information content (AvgIpc) is 2.28. The molecule has 1 aliphatic carbocycles. The van der Waals surface area contributed by atoms with Gasteiger partial charge in [0.25, 0.3) is 6.47 Å². The number of carbonyl (C=O) groups excluding carboxylic acids is 1. The van der Waals surface area contributed by atoms with Crippen LogP contribution in [0.5, 0.6) is 0 Å². The van der Waals surface area contributed by atoms with Crippen LogP contribution in [0.3, 0.4) is 0 Å². The molecule has 0 aliphatic heterocycles. The summed E-state index contributed by atoms with van der Waals surface area (Å²) in [5.74, 6) is -8.65. The minimum atomic E-state index is -4.45. The molecule has 0 N–H and O–H groups in total. The third-order valence-corrected chi connectivity index (χ3v) is 3.25. The summed E-state index contributed by atoms with van der Waals surface area (Å²) in [7, 11) is 0. The van der Waals surface area contributed by atoms with Gasteiger partial charge in [-0.2, -0.15) is 17.6 Å². The van der Waals surface area contributed by atoms with Crippen LogP contribution >= 0.6 is 11.6 Å². The highest BCUT2D eigenvalue weighted by Gasteiger charge is 2.83. The molecule has 0 radical (unpaired) electrons. The standard InChI is InChI=1S/C11H7ClF4O2/c12-8-3-1-7(2-4-8)9(18-6-17)5-10(13,14)11(9,15)16/h1-4,6H,5H2. The Balaban J connectivity index is 2.48. The van der Waals surface area contributed by atoms with Crippen LogP contribution in [0.15, 0.2) is 24.3 Å². The Bertz CT molecular complexity index is 474. The predicted octanol–water partition coefficient (Wildman–Crippen LogP) is 3.38. The number of rotatable bonds is 3. The van der Waals surface area contributed by atoms with Gasteiger partial charge in [0.1, 0.15) is 0 Å². The van der Waals surface area contributed by atoms with Gasteiger partial charge in [0.05, 0.1) is 6.42 Å². The molecular weight excluding hydrogens is 276 g/mol. The number of ether oxygens (including phenoxy) is 1. The fourth-order valence-electron chi connectivity index (χ4n) is 1.99. The fraction of sp³-hybridized carbons (Fsp3) is 0.364. The van der Waals surface area contributed by atoms with Crippen molar-refractivity contribution in [1.29, 1.82) is 0 Å². The summed E-state index contributed by atoms with van der Waals surface area (Å²) in [6.07, 6.45) is -1.26. The zero-order valence-corrected chi connectivity index (χ0v) is 9.56. The van der Waals surface area contributed by atoms with Crippen LogP contribution in [0.4, 0.5) is 17.6 Å². The Morgan fingerprint density at radius 3 is 2.11 bits per heavy atom. The van der Waals surface area contributed by atoms with E-state index >= 15 is 0 Å². The van der Waals surface area contributed by atoms with Crippen LogP contribution in [0.25, 0.3) is 0 Å². The maximum absolute atomic E-state index is 13.5. The van der Waals surface area contributed by atoms with Crippen LogP contribution in [0.2, 0.25) is 5.02 Å². The van der Waals surface area contributed by atoms with E-state index in [1.807, 2.05) is 0 Å². The van der Waals surface area contributed by atoms with Crippen molar-refractivity contribution in [3.05, 3.63) is 34.9 Å². The quantitative estimate of drug-likeness (QED) is 0.627. The minimum absolute atomic E-state index is 0.213. The molecule has 1 aliphatic rings. The van der Waals surface area contributed by atoms with Gasteiger partial charge in [0, 0.05) is 10.6 Å². The van der Waals surface area contributed by atoms with Gasteiger partial charge in [-0.05, 0) is 12.1 Å². The van der Waals surface area contributed by atoms with Crippen molar-refractivity contribution >= 4 is 18.1 Å². The molecule has 1 atom stereocenters. The van der Waals surface area contributed by atoms with Gasteiger partial charge in [-0.3, -0.25) is 4.79 Å². The number of halogens is 5. The van der Waals surface area contributed by atoms with Crippen LogP contribution in [-0.4, -0.2) is 18.3 Å². The molecule has 0 spiro atoms. The summed E-state index contributed by atoms with van der Waals surface area (Å²) in [4.78, 5) is 10.3. The molecule has 18 heavy (non-hydrogen) atoms. The van der Waals surface area contributed by atoms with E-state index in [2.05, 4.69) is 4.74 Å². The summed E-state index contributed by atoms with van der Waals surface area (Å²) in [5.41, 5.74) is -2.84. The molecule has 2 nitrogen and oxygen atoms in total. The Hall–Kier alpha value is -1.30. The number of benzene rings is 1. The third-order valence-electron chi connectivity index (χ3n) is 3.00. The maximum atomic E-state index is 13.5. The zero-order valence-electron chi connectivity index (χ0n) is 8.80. The first-order valence-corrected chi connectivity index (χ1v) is 5.28. The van der Waals surface area contributed by atoms with Gasteiger partial charge >= 0.3 is 11.8 Å². The minimum Gasteiger partial charge on any atom is -0.449 e. The first-order valence-electron chi connectivity index (χ1n) is 4.90. The van der Waals surface area contributed by atoms with Crippen LogP contribution in [-0.2, 0) is 15.1 Å². The monoisotopic (exact) mass is 282 g/mol. The normalized spacial score (nSPS) is 28.3. The van der Waals surface area contributed by atoms with Crippen LogP contribution in [0.1, 0.15) is 12.0 Å². The SMILES string of the molecule is O=COC1(c2ccc(Cl)cc2)CC(F)(F)C1(F)F. The summed E-state index contributed by atoms with van der Waals surface area (Å²) in [5, 5.41) is 0.259. The first kappa shape index (κ1) is 13.1. The van der Waals surface area contributed by atoms with E-state index in [4.69, 9.17) is 11.6 Å². The van der Waals surface area contributed by atoms with Crippen molar-refractivity contribution in [3.63, 3.8) is 0 Å². The van der Waals surface area contributed by atoms with Gasteiger partial charge in [0.15, 0.2) is 0 Å². The Morgan fingerprint density at radius 1 is 1.17 bits per heavy atom. The van der Waals surface area contributed by atoms with Crippen molar-refractivity contribution < 1.29 is 27.1 Å². The molecule has 1 aromatic rings. The average molecular weight is 283 g/mol. The molecule has 1 unspecified atom stereocenters. The lowest BCUT2D eigenvalue weighted by atomic mass is 9.68. The second-order valence-electron chi connectivity index (χ2n) is 4.00. The highest BCUT2D eigenvalue weighted by atomic mass is 35.5. The lowest BCUT2D eigenvalue weighted by molar-refractivity contribution is -0.384. The lowest BCUT2D eigenvalue weighted by Gasteiger charge is -2.52. The predicted molar refractivity (Wildman–Crippen MR) is 54.8 cm³/mol. The van der Waals surface area contributed by atoms with Gasteiger partial charge < -0.3 is 4.74 Å². The maximum Gasteiger partial charge on any atom is 0.353 e. The van der Waals surface area contributed by atoms with Crippen molar-refractivity contribution in [2.45, 2.75) is 23.9 Å². The smallest absolute Gasteiger partial charge is 0.353 e. The number of hydrogen-bond acceptors (Lipinski definition) is 2. The lowest BCUT2D eigenvalue weighted by Crippen LogP contribution is -2.70. The summed E-state index contributed by atoms with van der Waals surface area (Å²) in [6, 6.07) is 4.79. The van der Waals surface area contributed by atoms with Crippen molar-refractivity contribution in [1.82, 2.24) is 0 Å². The molecule has 1 saturated carbocycles. The number of alkyl halides is 4. The van der Waals surface area contributed by atoms with E-state index in [1.165, 1.54) is 12.1 Å². The zero-order chi connectivity index (χ0) is 13.6.